The molecule has 8 heavy (non-hydrogen) atoms. The van der Waals surface area contributed by atoms with Crippen molar-refractivity contribution in [3.63, 3.8) is 0 Å². The van der Waals surface area contributed by atoms with Gasteiger partial charge in [0.25, 0.3) is 0 Å². The van der Waals surface area contributed by atoms with E-state index in [9.17, 15) is 0 Å². The zero-order chi connectivity index (χ0) is 6.41. The quantitative estimate of drug-likeness (QED) is 0.625. The zero-order valence-electron chi connectivity index (χ0n) is 4.97. The molecule has 48 valence electrons. The van der Waals surface area contributed by atoms with Gasteiger partial charge in [-0.25, -0.2) is 0 Å². The van der Waals surface area contributed by atoms with Crippen LogP contribution < -0.4 is 0 Å². The molecule has 0 spiro atoms. The average molecular weight is 135 g/mol. The van der Waals surface area contributed by atoms with Crippen molar-refractivity contribution in [1.82, 2.24) is 0 Å². The number of aliphatic hydroxyl groups excluding tert-OH is 1. The van der Waals surface area contributed by atoms with Crippen molar-refractivity contribution >= 4 is 11.6 Å². The summed E-state index contributed by atoms with van der Waals surface area (Å²) in [6.07, 6.45) is 2.99. The minimum Gasteiger partial charge on any atom is -0.393 e. The lowest BCUT2D eigenvalue weighted by Crippen LogP contribution is -2.00. The third-order valence-electron chi connectivity index (χ3n) is 0.968. The zero-order valence-corrected chi connectivity index (χ0v) is 5.73. The summed E-state index contributed by atoms with van der Waals surface area (Å²) in [5.41, 5.74) is 1.43. The summed E-state index contributed by atoms with van der Waals surface area (Å²) in [5, 5.41) is 8.88. The van der Waals surface area contributed by atoms with Crippen molar-refractivity contribution in [3.05, 3.63) is 11.6 Å². The first-order valence-corrected chi connectivity index (χ1v) is 3.18. The lowest BCUT2D eigenvalue weighted by molar-refractivity contribution is 0.174. The van der Waals surface area contributed by atoms with Crippen LogP contribution in [0.25, 0.3) is 0 Å². The Morgan fingerprint density at radius 1 is 1.75 bits per heavy atom. The van der Waals surface area contributed by atoms with Gasteiger partial charge in [0, 0.05) is 5.54 Å². The molecule has 1 unspecified atom stereocenters. The highest BCUT2D eigenvalue weighted by Gasteiger charge is 1.93. The Kier molecular flexibility index (Phi) is 5.13. The van der Waals surface area contributed by atoms with Crippen LogP contribution in [0.4, 0.5) is 0 Å². The predicted octanol–water partition coefficient (Wildman–Crippen LogP) is 1.90. The summed E-state index contributed by atoms with van der Waals surface area (Å²) in [6, 6.07) is 0. The second-order valence-electron chi connectivity index (χ2n) is 1.66. The van der Waals surface area contributed by atoms with Crippen molar-refractivity contribution in [2.75, 3.05) is 0 Å². The van der Waals surface area contributed by atoms with Gasteiger partial charge in [-0.3, -0.25) is 0 Å². The summed E-state index contributed by atoms with van der Waals surface area (Å²) in [5.74, 6) is 0. The molecule has 0 aromatic carbocycles. The van der Waals surface area contributed by atoms with Crippen LogP contribution in [0.5, 0.6) is 0 Å². The second-order valence-corrected chi connectivity index (χ2v) is 1.91. The smallest absolute Gasteiger partial charge is 0.0572 e. The van der Waals surface area contributed by atoms with Crippen molar-refractivity contribution in [1.29, 1.82) is 0 Å². The largest absolute Gasteiger partial charge is 0.393 e. The van der Waals surface area contributed by atoms with E-state index < -0.39 is 0 Å². The van der Waals surface area contributed by atoms with Gasteiger partial charge >= 0.3 is 0 Å². The SMILES string of the molecule is CCC(O)C/C=C\Cl. The van der Waals surface area contributed by atoms with Gasteiger partial charge in [0.15, 0.2) is 0 Å². The highest BCUT2D eigenvalue weighted by Crippen LogP contribution is 1.97. The molecule has 0 aromatic heterocycles. The van der Waals surface area contributed by atoms with E-state index in [4.69, 9.17) is 16.7 Å². The number of hydrogen-bond acceptors (Lipinski definition) is 1. The Hall–Kier alpha value is -0.0100. The Morgan fingerprint density at radius 2 is 2.38 bits per heavy atom. The van der Waals surface area contributed by atoms with Crippen LogP contribution in [-0.4, -0.2) is 11.2 Å². The van der Waals surface area contributed by atoms with Crippen LogP contribution >= 0.6 is 11.6 Å². The molecule has 0 aliphatic rings. The molecule has 1 N–H and O–H groups in total. The molecule has 0 bridgehead atoms. The van der Waals surface area contributed by atoms with E-state index in [1.54, 1.807) is 6.08 Å². The first-order chi connectivity index (χ1) is 3.81. The molecular weight excluding hydrogens is 124 g/mol. The molecule has 1 nitrogen and oxygen atoms in total. The molecule has 0 amide bonds. The normalized spacial score (nSPS) is 14.9. The standard InChI is InChI=1S/C6H11ClO/c1-2-6(8)4-3-5-7/h3,5-6,8H,2,4H2,1H3/b5-3-. The van der Waals surface area contributed by atoms with Crippen molar-refractivity contribution in [2.45, 2.75) is 25.9 Å². The van der Waals surface area contributed by atoms with E-state index in [-0.39, 0.29) is 6.10 Å². The van der Waals surface area contributed by atoms with E-state index in [2.05, 4.69) is 0 Å². The highest BCUT2D eigenvalue weighted by molar-refractivity contribution is 6.25. The first-order valence-electron chi connectivity index (χ1n) is 2.74. The van der Waals surface area contributed by atoms with Crippen LogP contribution in [0.1, 0.15) is 19.8 Å². The number of hydrogen-bond donors (Lipinski definition) is 1. The van der Waals surface area contributed by atoms with Crippen LogP contribution in [0, 0.1) is 0 Å². The summed E-state index contributed by atoms with van der Waals surface area (Å²) in [4.78, 5) is 0. The molecule has 0 radical (unpaired) electrons. The lowest BCUT2D eigenvalue weighted by Gasteiger charge is -1.99. The third kappa shape index (κ3) is 4.16. The summed E-state index contributed by atoms with van der Waals surface area (Å²) in [7, 11) is 0. The number of aliphatic hydroxyl groups is 1. The van der Waals surface area contributed by atoms with Gasteiger partial charge in [-0.05, 0) is 12.8 Å². The topological polar surface area (TPSA) is 20.2 Å². The van der Waals surface area contributed by atoms with Crippen LogP contribution in [-0.2, 0) is 0 Å². The summed E-state index contributed by atoms with van der Waals surface area (Å²) in [6.45, 7) is 1.94. The monoisotopic (exact) mass is 134 g/mol. The Balaban J connectivity index is 3.10. The fraction of sp³-hybridized carbons (Fsp3) is 0.667. The lowest BCUT2D eigenvalue weighted by atomic mass is 10.2. The van der Waals surface area contributed by atoms with Gasteiger partial charge in [0.05, 0.1) is 6.10 Å². The minimum atomic E-state index is -0.218. The summed E-state index contributed by atoms with van der Waals surface area (Å²) >= 11 is 5.21. The molecule has 2 heteroatoms. The summed E-state index contributed by atoms with van der Waals surface area (Å²) < 4.78 is 0. The minimum absolute atomic E-state index is 0.218. The van der Waals surface area contributed by atoms with Gasteiger partial charge in [-0.1, -0.05) is 24.6 Å². The van der Waals surface area contributed by atoms with Gasteiger partial charge in [0.1, 0.15) is 0 Å². The van der Waals surface area contributed by atoms with Gasteiger partial charge in [-0.2, -0.15) is 0 Å². The second kappa shape index (κ2) is 5.13. The Bertz CT molecular complexity index is 70.9. The van der Waals surface area contributed by atoms with Crippen molar-refractivity contribution in [3.8, 4) is 0 Å². The maximum absolute atomic E-state index is 8.88. The van der Waals surface area contributed by atoms with Crippen LogP contribution in [0.3, 0.4) is 0 Å². The molecule has 0 aliphatic carbocycles. The molecule has 0 rings (SSSR count). The fourth-order valence-corrected chi connectivity index (χ4v) is 0.478. The molecule has 0 saturated heterocycles. The highest BCUT2D eigenvalue weighted by atomic mass is 35.5. The number of halogens is 1. The van der Waals surface area contributed by atoms with E-state index in [0.717, 1.165) is 6.42 Å². The van der Waals surface area contributed by atoms with Crippen molar-refractivity contribution in [2.24, 2.45) is 0 Å². The van der Waals surface area contributed by atoms with Crippen LogP contribution in [0.2, 0.25) is 0 Å². The van der Waals surface area contributed by atoms with Gasteiger partial charge in [0.2, 0.25) is 0 Å². The molecule has 0 fully saturated rings. The molecule has 0 aliphatic heterocycles. The van der Waals surface area contributed by atoms with E-state index in [1.807, 2.05) is 6.92 Å². The molecule has 1 atom stereocenters. The molecule has 0 aromatic rings. The van der Waals surface area contributed by atoms with E-state index >= 15 is 0 Å². The maximum Gasteiger partial charge on any atom is 0.0572 e. The van der Waals surface area contributed by atoms with Crippen molar-refractivity contribution < 1.29 is 5.11 Å². The van der Waals surface area contributed by atoms with Crippen LogP contribution in [0.15, 0.2) is 11.6 Å². The maximum atomic E-state index is 8.88. The van der Waals surface area contributed by atoms with Gasteiger partial charge in [-0.15, -0.1) is 0 Å². The first kappa shape index (κ1) is 7.99. The molecular formula is C6H11ClO. The fourth-order valence-electron chi connectivity index (χ4n) is 0.375. The predicted molar refractivity (Wildman–Crippen MR) is 35.9 cm³/mol. The molecule has 0 heterocycles. The van der Waals surface area contributed by atoms with Gasteiger partial charge < -0.3 is 5.11 Å². The molecule has 0 saturated carbocycles. The number of rotatable bonds is 3. The third-order valence-corrected chi connectivity index (χ3v) is 1.15. The van der Waals surface area contributed by atoms with E-state index in [0.29, 0.717) is 6.42 Å². The average Bonchev–Trinajstić information content (AvgIpc) is 1.83. The Morgan fingerprint density at radius 3 is 2.75 bits per heavy atom. The Labute approximate surface area is 55.0 Å². The van der Waals surface area contributed by atoms with E-state index in [1.165, 1.54) is 5.54 Å².